The van der Waals surface area contributed by atoms with Gasteiger partial charge in [0.15, 0.2) is 4.60 Å². The molecule has 0 aromatic carbocycles. The van der Waals surface area contributed by atoms with Crippen LogP contribution in [0.15, 0.2) is 22.1 Å². The summed E-state index contributed by atoms with van der Waals surface area (Å²) >= 11 is 5.07. The van der Waals surface area contributed by atoms with Crippen molar-refractivity contribution in [3.8, 4) is 0 Å². The topological polar surface area (TPSA) is 56.7 Å². The van der Waals surface area contributed by atoms with Crippen LogP contribution < -0.4 is 5.73 Å². The molecule has 0 aliphatic carbocycles. The van der Waals surface area contributed by atoms with Crippen molar-refractivity contribution >= 4 is 27.3 Å². The lowest BCUT2D eigenvalue weighted by molar-refractivity contribution is 0.609. The SMILES string of the molecule is Cn1nnc(Br)c1C(N)Cc1cccs1. The number of nitrogens with two attached hydrogens (primary N) is 1. The zero-order valence-electron chi connectivity index (χ0n) is 8.22. The van der Waals surface area contributed by atoms with E-state index >= 15 is 0 Å². The summed E-state index contributed by atoms with van der Waals surface area (Å²) in [5.41, 5.74) is 7.04. The molecule has 0 aliphatic rings. The summed E-state index contributed by atoms with van der Waals surface area (Å²) in [6.07, 6.45) is 0.817. The van der Waals surface area contributed by atoms with Crippen molar-refractivity contribution in [2.45, 2.75) is 12.5 Å². The molecular formula is C9H11BrN4S. The average Bonchev–Trinajstić information content (AvgIpc) is 2.77. The van der Waals surface area contributed by atoms with Crippen LogP contribution in [0.1, 0.15) is 16.6 Å². The predicted molar refractivity (Wildman–Crippen MR) is 63.7 cm³/mol. The Balaban J connectivity index is 2.18. The predicted octanol–water partition coefficient (Wildman–Crippen LogP) is 1.88. The average molecular weight is 287 g/mol. The van der Waals surface area contributed by atoms with Gasteiger partial charge in [0.25, 0.3) is 0 Å². The van der Waals surface area contributed by atoms with Crippen LogP contribution in [0, 0.1) is 0 Å². The fourth-order valence-corrected chi connectivity index (χ4v) is 2.86. The van der Waals surface area contributed by atoms with Crippen LogP contribution >= 0.6 is 27.3 Å². The van der Waals surface area contributed by atoms with Gasteiger partial charge < -0.3 is 5.73 Å². The van der Waals surface area contributed by atoms with E-state index in [4.69, 9.17) is 5.73 Å². The van der Waals surface area contributed by atoms with Gasteiger partial charge in [0.2, 0.25) is 0 Å². The van der Waals surface area contributed by atoms with Crippen molar-refractivity contribution in [3.63, 3.8) is 0 Å². The molecule has 6 heteroatoms. The van der Waals surface area contributed by atoms with Gasteiger partial charge in [0, 0.05) is 18.3 Å². The fraction of sp³-hybridized carbons (Fsp3) is 0.333. The lowest BCUT2D eigenvalue weighted by atomic mass is 10.1. The summed E-state index contributed by atoms with van der Waals surface area (Å²) < 4.78 is 2.44. The van der Waals surface area contributed by atoms with Gasteiger partial charge in [-0.3, -0.25) is 0 Å². The first-order chi connectivity index (χ1) is 7.18. The standard InChI is InChI=1S/C9H11BrN4S/c1-14-8(9(10)12-13-14)7(11)5-6-3-2-4-15-6/h2-4,7H,5,11H2,1H3. The van der Waals surface area contributed by atoms with E-state index in [2.05, 4.69) is 37.7 Å². The second-order valence-electron chi connectivity index (χ2n) is 3.28. The minimum atomic E-state index is -0.0713. The molecule has 1 atom stereocenters. The van der Waals surface area contributed by atoms with Crippen molar-refractivity contribution in [2.24, 2.45) is 12.8 Å². The Morgan fingerprint density at radius 3 is 3.00 bits per heavy atom. The quantitative estimate of drug-likeness (QED) is 0.937. The van der Waals surface area contributed by atoms with Crippen LogP contribution in [0.4, 0.5) is 0 Å². The normalized spacial score (nSPS) is 13.0. The van der Waals surface area contributed by atoms with Gasteiger partial charge in [0.1, 0.15) is 0 Å². The van der Waals surface area contributed by atoms with E-state index < -0.39 is 0 Å². The Morgan fingerprint density at radius 1 is 1.67 bits per heavy atom. The Morgan fingerprint density at radius 2 is 2.47 bits per heavy atom. The molecule has 15 heavy (non-hydrogen) atoms. The van der Waals surface area contributed by atoms with Gasteiger partial charge in [-0.2, -0.15) is 0 Å². The molecule has 0 amide bonds. The molecule has 0 saturated carbocycles. The molecule has 80 valence electrons. The maximum atomic E-state index is 6.11. The molecule has 2 N–H and O–H groups in total. The number of thiophene rings is 1. The maximum Gasteiger partial charge on any atom is 0.153 e. The maximum absolute atomic E-state index is 6.11. The summed E-state index contributed by atoms with van der Waals surface area (Å²) in [7, 11) is 1.85. The van der Waals surface area contributed by atoms with E-state index in [1.165, 1.54) is 4.88 Å². The zero-order valence-corrected chi connectivity index (χ0v) is 10.6. The molecule has 2 rings (SSSR count). The second kappa shape index (κ2) is 4.42. The van der Waals surface area contributed by atoms with Gasteiger partial charge in [-0.1, -0.05) is 11.3 Å². The number of hydrogen-bond donors (Lipinski definition) is 1. The van der Waals surface area contributed by atoms with Crippen LogP contribution in [-0.4, -0.2) is 15.0 Å². The highest BCUT2D eigenvalue weighted by atomic mass is 79.9. The second-order valence-corrected chi connectivity index (χ2v) is 5.06. The zero-order chi connectivity index (χ0) is 10.8. The van der Waals surface area contributed by atoms with Crippen molar-refractivity contribution in [1.29, 1.82) is 0 Å². The van der Waals surface area contributed by atoms with Crippen LogP contribution in [0.25, 0.3) is 0 Å². The third kappa shape index (κ3) is 2.27. The summed E-state index contributed by atoms with van der Waals surface area (Å²) in [5, 5.41) is 9.88. The number of halogens is 1. The molecule has 2 aromatic heterocycles. The lowest BCUT2D eigenvalue weighted by Gasteiger charge is -2.10. The monoisotopic (exact) mass is 286 g/mol. The first-order valence-corrected chi connectivity index (χ1v) is 6.19. The largest absolute Gasteiger partial charge is 0.322 e. The molecule has 2 aromatic rings. The molecule has 0 radical (unpaired) electrons. The van der Waals surface area contributed by atoms with Crippen LogP contribution in [0.3, 0.4) is 0 Å². The summed E-state index contributed by atoms with van der Waals surface area (Å²) in [6.45, 7) is 0. The molecular weight excluding hydrogens is 276 g/mol. The summed E-state index contributed by atoms with van der Waals surface area (Å²) in [4.78, 5) is 1.27. The van der Waals surface area contributed by atoms with Crippen molar-refractivity contribution in [2.75, 3.05) is 0 Å². The minimum absolute atomic E-state index is 0.0713. The number of aryl methyl sites for hydroxylation is 1. The molecule has 0 aliphatic heterocycles. The fourth-order valence-electron chi connectivity index (χ4n) is 1.47. The third-order valence-corrected chi connectivity index (χ3v) is 3.64. The molecule has 0 spiro atoms. The van der Waals surface area contributed by atoms with E-state index in [-0.39, 0.29) is 6.04 Å². The first-order valence-electron chi connectivity index (χ1n) is 4.51. The van der Waals surface area contributed by atoms with Crippen LogP contribution in [0.5, 0.6) is 0 Å². The molecule has 0 fully saturated rings. The third-order valence-electron chi connectivity index (χ3n) is 2.18. The Bertz CT molecular complexity index is 417. The van der Waals surface area contributed by atoms with Crippen LogP contribution in [-0.2, 0) is 13.5 Å². The highest BCUT2D eigenvalue weighted by molar-refractivity contribution is 9.10. The number of hydrogen-bond acceptors (Lipinski definition) is 4. The number of nitrogens with zero attached hydrogens (tertiary/aromatic N) is 3. The number of aromatic nitrogens is 3. The Hall–Kier alpha value is -0.720. The molecule has 0 saturated heterocycles. The Labute approximate surface area is 100 Å². The highest BCUT2D eigenvalue weighted by Gasteiger charge is 2.16. The van der Waals surface area contributed by atoms with Crippen LogP contribution in [0.2, 0.25) is 0 Å². The van der Waals surface area contributed by atoms with Gasteiger partial charge in [-0.15, -0.1) is 16.4 Å². The summed E-state index contributed by atoms with van der Waals surface area (Å²) in [5.74, 6) is 0. The minimum Gasteiger partial charge on any atom is -0.322 e. The molecule has 2 heterocycles. The molecule has 0 bridgehead atoms. The van der Waals surface area contributed by atoms with Crippen molar-refractivity contribution in [1.82, 2.24) is 15.0 Å². The Kier molecular flexibility index (Phi) is 3.18. The van der Waals surface area contributed by atoms with Gasteiger partial charge in [-0.05, 0) is 27.4 Å². The van der Waals surface area contributed by atoms with Gasteiger partial charge in [0.05, 0.1) is 11.7 Å². The molecule has 4 nitrogen and oxygen atoms in total. The van der Waals surface area contributed by atoms with E-state index in [0.29, 0.717) is 0 Å². The smallest absolute Gasteiger partial charge is 0.153 e. The van der Waals surface area contributed by atoms with Crippen molar-refractivity contribution in [3.05, 3.63) is 32.7 Å². The first kappa shape index (κ1) is 10.8. The van der Waals surface area contributed by atoms with E-state index in [1.54, 1.807) is 16.0 Å². The van der Waals surface area contributed by atoms with Gasteiger partial charge >= 0.3 is 0 Å². The summed E-state index contributed by atoms with van der Waals surface area (Å²) in [6, 6.07) is 4.05. The lowest BCUT2D eigenvalue weighted by Crippen LogP contribution is -2.17. The van der Waals surface area contributed by atoms with Crippen molar-refractivity contribution < 1.29 is 0 Å². The number of rotatable bonds is 3. The molecule has 1 unspecified atom stereocenters. The van der Waals surface area contributed by atoms with E-state index in [9.17, 15) is 0 Å². The van der Waals surface area contributed by atoms with E-state index in [1.807, 2.05) is 13.1 Å². The highest BCUT2D eigenvalue weighted by Crippen LogP contribution is 2.23. The van der Waals surface area contributed by atoms with Gasteiger partial charge in [-0.25, -0.2) is 4.68 Å². The van der Waals surface area contributed by atoms with E-state index in [0.717, 1.165) is 16.7 Å².